The largest absolute Gasteiger partial charge is 0.449 e. The molecule has 4 rings (SSSR count). The van der Waals surface area contributed by atoms with Crippen LogP contribution < -0.4 is 0 Å². The maximum absolute atomic E-state index is 13.0. The molecule has 6 nitrogen and oxygen atoms in total. The number of hydrogen-bond donors (Lipinski definition) is 0. The Morgan fingerprint density at radius 1 is 1.07 bits per heavy atom. The van der Waals surface area contributed by atoms with Crippen LogP contribution in [0.5, 0.6) is 0 Å². The van der Waals surface area contributed by atoms with Crippen LogP contribution in [0.1, 0.15) is 36.4 Å². The number of fused-ring (bicyclic) bond motifs is 1. The summed E-state index contributed by atoms with van der Waals surface area (Å²) in [6, 6.07) is 5.55. The van der Waals surface area contributed by atoms with E-state index in [0.29, 0.717) is 60.9 Å². The van der Waals surface area contributed by atoms with Crippen molar-refractivity contribution in [3.63, 3.8) is 0 Å². The first-order valence-corrected chi connectivity index (χ1v) is 11.2. The van der Waals surface area contributed by atoms with Crippen LogP contribution >= 0.6 is 11.6 Å². The van der Waals surface area contributed by atoms with Crippen molar-refractivity contribution in [2.45, 2.75) is 27.2 Å². The predicted molar refractivity (Wildman–Crippen MR) is 118 cm³/mol. The van der Waals surface area contributed by atoms with Crippen molar-refractivity contribution in [1.82, 2.24) is 14.7 Å². The van der Waals surface area contributed by atoms with Crippen LogP contribution in [0.4, 0.5) is 0 Å². The Labute approximate surface area is 182 Å². The van der Waals surface area contributed by atoms with Gasteiger partial charge in [-0.1, -0.05) is 37.6 Å². The van der Waals surface area contributed by atoms with Crippen molar-refractivity contribution in [2.24, 2.45) is 11.8 Å². The van der Waals surface area contributed by atoms with E-state index in [1.165, 1.54) is 6.42 Å². The summed E-state index contributed by atoms with van der Waals surface area (Å²) in [6.45, 7) is 11.0. The van der Waals surface area contributed by atoms with Crippen LogP contribution in [-0.4, -0.2) is 72.3 Å². The second-order valence-corrected chi connectivity index (χ2v) is 9.39. The molecule has 2 amide bonds. The molecule has 0 saturated carbocycles. The van der Waals surface area contributed by atoms with Crippen LogP contribution in [0.3, 0.4) is 0 Å². The summed E-state index contributed by atoms with van der Waals surface area (Å²) in [7, 11) is 0. The molecule has 2 aliphatic rings. The molecule has 30 heavy (non-hydrogen) atoms. The van der Waals surface area contributed by atoms with Gasteiger partial charge in [-0.3, -0.25) is 14.5 Å². The summed E-state index contributed by atoms with van der Waals surface area (Å²) >= 11 is 6.22. The summed E-state index contributed by atoms with van der Waals surface area (Å²) in [5, 5.41) is 1.39. The zero-order chi connectivity index (χ0) is 21.4. The molecule has 162 valence electrons. The number of para-hydroxylation sites is 1. The first kappa shape index (κ1) is 21.2. The topological polar surface area (TPSA) is 57.0 Å². The number of likely N-dealkylation sites (tertiary alicyclic amines) is 1. The molecule has 1 aromatic carbocycles. The number of piperidine rings is 1. The summed E-state index contributed by atoms with van der Waals surface area (Å²) in [5.41, 5.74) is 1.39. The van der Waals surface area contributed by atoms with Crippen molar-refractivity contribution in [3.8, 4) is 0 Å². The van der Waals surface area contributed by atoms with E-state index >= 15 is 0 Å². The van der Waals surface area contributed by atoms with Crippen molar-refractivity contribution >= 4 is 34.4 Å². The standard InChI is InChI=1S/C23H30ClN3O3/c1-15-11-16(2)13-27(12-15)20(28)14-25-7-9-26(10-8-25)23(29)21-17(3)18-5-4-6-19(24)22(18)30-21/h4-6,15-16H,7-14H2,1-3H3. The molecule has 2 atom stereocenters. The van der Waals surface area contributed by atoms with Gasteiger partial charge in [-0.2, -0.15) is 0 Å². The van der Waals surface area contributed by atoms with Crippen LogP contribution in [0, 0.1) is 18.8 Å². The fourth-order valence-electron chi connectivity index (χ4n) is 4.82. The number of carbonyl (C=O) groups is 2. The number of furan rings is 1. The average molecular weight is 432 g/mol. The first-order valence-electron chi connectivity index (χ1n) is 10.8. The number of aryl methyl sites for hydroxylation is 1. The molecule has 0 radical (unpaired) electrons. The third-order valence-electron chi connectivity index (χ3n) is 6.35. The third kappa shape index (κ3) is 4.21. The van der Waals surface area contributed by atoms with Crippen LogP contribution in [0.2, 0.25) is 5.02 Å². The van der Waals surface area contributed by atoms with Gasteiger partial charge in [0.1, 0.15) is 0 Å². The summed E-state index contributed by atoms with van der Waals surface area (Å²) in [6.07, 6.45) is 1.19. The fraction of sp³-hybridized carbons (Fsp3) is 0.565. The minimum absolute atomic E-state index is 0.107. The highest BCUT2D eigenvalue weighted by molar-refractivity contribution is 6.35. The zero-order valence-electron chi connectivity index (χ0n) is 18.0. The number of halogens is 1. The maximum atomic E-state index is 13.0. The summed E-state index contributed by atoms with van der Waals surface area (Å²) in [4.78, 5) is 31.8. The minimum atomic E-state index is -0.107. The quantitative estimate of drug-likeness (QED) is 0.744. The molecule has 2 aromatic rings. The van der Waals surface area contributed by atoms with Gasteiger partial charge in [0, 0.05) is 50.2 Å². The van der Waals surface area contributed by atoms with Gasteiger partial charge in [-0.15, -0.1) is 0 Å². The normalized spacial score (nSPS) is 23.2. The Morgan fingerprint density at radius 3 is 2.37 bits per heavy atom. The lowest BCUT2D eigenvalue weighted by molar-refractivity contribution is -0.135. The second kappa shape index (κ2) is 8.60. The summed E-state index contributed by atoms with van der Waals surface area (Å²) < 4.78 is 5.84. The van der Waals surface area contributed by atoms with E-state index in [-0.39, 0.29) is 11.8 Å². The van der Waals surface area contributed by atoms with Crippen molar-refractivity contribution in [3.05, 3.63) is 34.5 Å². The highest BCUT2D eigenvalue weighted by atomic mass is 35.5. The highest BCUT2D eigenvalue weighted by Crippen LogP contribution is 2.31. The lowest BCUT2D eigenvalue weighted by Crippen LogP contribution is -2.53. The molecule has 2 saturated heterocycles. The second-order valence-electron chi connectivity index (χ2n) is 8.99. The number of carbonyl (C=O) groups excluding carboxylic acids is 2. The van der Waals surface area contributed by atoms with Gasteiger partial charge in [0.05, 0.1) is 11.6 Å². The number of nitrogens with zero attached hydrogens (tertiary/aromatic N) is 3. The maximum Gasteiger partial charge on any atom is 0.289 e. The van der Waals surface area contributed by atoms with Gasteiger partial charge < -0.3 is 14.2 Å². The van der Waals surface area contributed by atoms with Crippen molar-refractivity contribution < 1.29 is 14.0 Å². The van der Waals surface area contributed by atoms with Gasteiger partial charge in [-0.05, 0) is 31.2 Å². The molecule has 0 aliphatic carbocycles. The first-order chi connectivity index (χ1) is 14.3. The number of benzene rings is 1. The fourth-order valence-corrected chi connectivity index (χ4v) is 5.04. The smallest absolute Gasteiger partial charge is 0.289 e. The van der Waals surface area contributed by atoms with E-state index < -0.39 is 0 Å². The van der Waals surface area contributed by atoms with E-state index in [1.54, 1.807) is 6.07 Å². The Hall–Kier alpha value is -2.05. The Morgan fingerprint density at radius 2 is 1.73 bits per heavy atom. The van der Waals surface area contributed by atoms with Gasteiger partial charge in [0.2, 0.25) is 5.91 Å². The Balaban J connectivity index is 1.35. The van der Waals surface area contributed by atoms with Crippen LogP contribution in [0.25, 0.3) is 11.0 Å². The molecular formula is C23H30ClN3O3. The Bertz CT molecular complexity index is 939. The van der Waals surface area contributed by atoms with Crippen molar-refractivity contribution in [2.75, 3.05) is 45.8 Å². The SMILES string of the molecule is Cc1c(C(=O)N2CCN(CC(=O)N3CC(C)CC(C)C3)CC2)oc2c(Cl)cccc12. The number of amides is 2. The molecule has 2 aliphatic heterocycles. The van der Waals surface area contributed by atoms with E-state index in [0.717, 1.165) is 24.0 Å². The molecule has 2 fully saturated rings. The monoisotopic (exact) mass is 431 g/mol. The van der Waals surface area contributed by atoms with Gasteiger partial charge in [0.15, 0.2) is 11.3 Å². The van der Waals surface area contributed by atoms with Crippen molar-refractivity contribution in [1.29, 1.82) is 0 Å². The number of hydrogen-bond acceptors (Lipinski definition) is 4. The molecule has 2 unspecified atom stereocenters. The van der Waals surface area contributed by atoms with Gasteiger partial charge in [0.25, 0.3) is 5.91 Å². The molecule has 3 heterocycles. The lowest BCUT2D eigenvalue weighted by Gasteiger charge is -2.38. The van der Waals surface area contributed by atoms with Crippen LogP contribution in [-0.2, 0) is 4.79 Å². The minimum Gasteiger partial charge on any atom is -0.449 e. The van der Waals surface area contributed by atoms with Gasteiger partial charge >= 0.3 is 0 Å². The highest BCUT2D eigenvalue weighted by Gasteiger charge is 2.30. The molecule has 1 aromatic heterocycles. The summed E-state index contributed by atoms with van der Waals surface area (Å²) in [5.74, 6) is 1.58. The predicted octanol–water partition coefficient (Wildman–Crippen LogP) is 3.66. The van der Waals surface area contributed by atoms with Gasteiger partial charge in [-0.25, -0.2) is 0 Å². The molecule has 0 spiro atoms. The number of rotatable bonds is 3. The van der Waals surface area contributed by atoms with Crippen LogP contribution in [0.15, 0.2) is 22.6 Å². The molecule has 0 N–H and O–H groups in total. The van der Waals surface area contributed by atoms with E-state index in [1.807, 2.05) is 28.9 Å². The molecule has 7 heteroatoms. The number of piperazine rings is 1. The molecular weight excluding hydrogens is 402 g/mol. The Kier molecular flexibility index (Phi) is 6.07. The van der Waals surface area contributed by atoms with E-state index in [4.69, 9.17) is 16.0 Å². The third-order valence-corrected chi connectivity index (χ3v) is 6.65. The van der Waals surface area contributed by atoms with E-state index in [2.05, 4.69) is 18.7 Å². The zero-order valence-corrected chi connectivity index (χ0v) is 18.7. The lowest BCUT2D eigenvalue weighted by atomic mass is 9.92. The van der Waals surface area contributed by atoms with E-state index in [9.17, 15) is 9.59 Å². The average Bonchev–Trinajstić information content (AvgIpc) is 3.05. The molecule has 0 bridgehead atoms.